The third-order valence-corrected chi connectivity index (χ3v) is 5.35. The molecular weight excluding hydrogens is 260 g/mol. The van der Waals surface area contributed by atoms with Crippen molar-refractivity contribution < 1.29 is 0 Å². The quantitative estimate of drug-likeness (QED) is 0.780. The van der Waals surface area contributed by atoms with Gasteiger partial charge in [0.15, 0.2) is 0 Å². The summed E-state index contributed by atoms with van der Waals surface area (Å²) in [5.41, 5.74) is -0.245. The van der Waals surface area contributed by atoms with E-state index >= 15 is 0 Å². The molecule has 2 rings (SSSR count). The van der Waals surface area contributed by atoms with Crippen LogP contribution < -0.4 is 5.32 Å². The van der Waals surface area contributed by atoms with Crippen molar-refractivity contribution in [1.82, 2.24) is 15.1 Å². The van der Waals surface area contributed by atoms with E-state index in [1.54, 1.807) is 0 Å². The second-order valence-electron chi connectivity index (χ2n) is 7.09. The van der Waals surface area contributed by atoms with E-state index in [0.29, 0.717) is 5.92 Å². The van der Waals surface area contributed by atoms with Crippen molar-refractivity contribution in [3.8, 4) is 6.07 Å². The molecule has 2 aliphatic rings. The maximum Gasteiger partial charge on any atom is 0.109 e. The van der Waals surface area contributed by atoms with E-state index in [1.165, 1.54) is 45.2 Å². The molecule has 120 valence electrons. The molecule has 21 heavy (non-hydrogen) atoms. The standard InChI is InChI=1S/C17H32N4/c1-4-19-17(14-18)10-5-7-15(17)9-12-21-11-6-8-16(21)13-20(2)3/h15-16,19H,4-13H2,1-3H3. The minimum atomic E-state index is -0.245. The Morgan fingerprint density at radius 2 is 2.14 bits per heavy atom. The normalized spacial score (nSPS) is 33.7. The van der Waals surface area contributed by atoms with Gasteiger partial charge in [0.2, 0.25) is 0 Å². The number of nitriles is 1. The van der Waals surface area contributed by atoms with Crippen LogP contribution in [0.25, 0.3) is 0 Å². The Hall–Kier alpha value is -0.630. The van der Waals surface area contributed by atoms with Crippen LogP contribution in [0.2, 0.25) is 0 Å². The number of rotatable bonds is 7. The Morgan fingerprint density at radius 3 is 2.81 bits per heavy atom. The largest absolute Gasteiger partial charge is 0.308 e. The molecule has 3 atom stereocenters. The van der Waals surface area contributed by atoms with Crippen LogP contribution in [0, 0.1) is 17.2 Å². The molecule has 1 aliphatic heterocycles. The Morgan fingerprint density at radius 1 is 1.33 bits per heavy atom. The van der Waals surface area contributed by atoms with Crippen molar-refractivity contribution >= 4 is 0 Å². The third kappa shape index (κ3) is 3.97. The molecule has 1 aliphatic carbocycles. The van der Waals surface area contributed by atoms with Crippen LogP contribution in [0.3, 0.4) is 0 Å². The zero-order valence-corrected chi connectivity index (χ0v) is 14.1. The molecule has 4 nitrogen and oxygen atoms in total. The van der Waals surface area contributed by atoms with Gasteiger partial charge in [-0.15, -0.1) is 0 Å². The van der Waals surface area contributed by atoms with E-state index in [-0.39, 0.29) is 5.54 Å². The Balaban J connectivity index is 1.88. The highest BCUT2D eigenvalue weighted by molar-refractivity contribution is 5.14. The number of likely N-dealkylation sites (N-methyl/N-ethyl adjacent to an activating group) is 1. The summed E-state index contributed by atoms with van der Waals surface area (Å²) in [5, 5.41) is 13.1. The highest BCUT2D eigenvalue weighted by atomic mass is 15.2. The fraction of sp³-hybridized carbons (Fsp3) is 0.941. The monoisotopic (exact) mass is 292 g/mol. The van der Waals surface area contributed by atoms with Gasteiger partial charge in [-0.1, -0.05) is 13.3 Å². The molecule has 0 bridgehead atoms. The average molecular weight is 292 g/mol. The summed E-state index contributed by atoms with van der Waals surface area (Å²) < 4.78 is 0. The van der Waals surface area contributed by atoms with Crippen molar-refractivity contribution in [2.24, 2.45) is 5.92 Å². The molecular formula is C17H32N4. The second kappa shape index (κ2) is 7.58. The first-order valence-corrected chi connectivity index (χ1v) is 8.66. The van der Waals surface area contributed by atoms with E-state index < -0.39 is 0 Å². The van der Waals surface area contributed by atoms with E-state index in [0.717, 1.165) is 25.6 Å². The topological polar surface area (TPSA) is 42.3 Å². The highest BCUT2D eigenvalue weighted by Crippen LogP contribution is 2.38. The highest BCUT2D eigenvalue weighted by Gasteiger charge is 2.42. The summed E-state index contributed by atoms with van der Waals surface area (Å²) in [6.07, 6.45) is 7.28. The summed E-state index contributed by atoms with van der Waals surface area (Å²) in [6.45, 7) is 6.59. The molecule has 2 fully saturated rings. The smallest absolute Gasteiger partial charge is 0.109 e. The zero-order valence-electron chi connectivity index (χ0n) is 14.1. The summed E-state index contributed by atoms with van der Waals surface area (Å²) in [7, 11) is 4.33. The number of nitrogens with zero attached hydrogens (tertiary/aromatic N) is 3. The van der Waals surface area contributed by atoms with Crippen LogP contribution in [0.15, 0.2) is 0 Å². The third-order valence-electron chi connectivity index (χ3n) is 5.35. The Bertz CT molecular complexity index is 362. The molecule has 1 heterocycles. The Kier molecular flexibility index (Phi) is 6.04. The van der Waals surface area contributed by atoms with Crippen LogP contribution in [-0.2, 0) is 0 Å². The number of likely N-dealkylation sites (tertiary alicyclic amines) is 1. The number of hydrogen-bond donors (Lipinski definition) is 1. The molecule has 0 aromatic carbocycles. The van der Waals surface area contributed by atoms with E-state index in [1.807, 2.05) is 0 Å². The number of nitrogens with one attached hydrogen (secondary N) is 1. The molecule has 0 amide bonds. The maximum absolute atomic E-state index is 9.65. The maximum atomic E-state index is 9.65. The summed E-state index contributed by atoms with van der Waals surface area (Å²) in [4.78, 5) is 4.96. The van der Waals surface area contributed by atoms with Crippen LogP contribution in [0.4, 0.5) is 0 Å². The molecule has 0 aromatic heterocycles. The minimum Gasteiger partial charge on any atom is -0.308 e. The average Bonchev–Trinajstić information content (AvgIpc) is 3.04. The van der Waals surface area contributed by atoms with Gasteiger partial charge in [0.1, 0.15) is 5.54 Å². The van der Waals surface area contributed by atoms with Crippen LogP contribution in [-0.4, -0.2) is 61.7 Å². The van der Waals surface area contributed by atoms with Gasteiger partial charge in [-0.25, -0.2) is 0 Å². The van der Waals surface area contributed by atoms with Crippen LogP contribution in [0.5, 0.6) is 0 Å². The molecule has 3 unspecified atom stereocenters. The lowest BCUT2D eigenvalue weighted by molar-refractivity contribution is 0.184. The van der Waals surface area contributed by atoms with Gasteiger partial charge < -0.3 is 4.90 Å². The van der Waals surface area contributed by atoms with Gasteiger partial charge in [0.05, 0.1) is 6.07 Å². The summed E-state index contributed by atoms with van der Waals surface area (Å²) in [5.74, 6) is 0.531. The van der Waals surface area contributed by atoms with Gasteiger partial charge in [0, 0.05) is 12.6 Å². The van der Waals surface area contributed by atoms with E-state index in [2.05, 4.69) is 42.2 Å². The fourth-order valence-electron chi connectivity index (χ4n) is 4.34. The van der Waals surface area contributed by atoms with E-state index in [4.69, 9.17) is 0 Å². The molecule has 0 aromatic rings. The van der Waals surface area contributed by atoms with Gasteiger partial charge >= 0.3 is 0 Å². The Labute approximate surface area is 130 Å². The van der Waals surface area contributed by atoms with Crippen LogP contribution in [0.1, 0.15) is 45.4 Å². The molecule has 4 heteroatoms. The first-order chi connectivity index (χ1) is 10.1. The predicted molar refractivity (Wildman–Crippen MR) is 87.1 cm³/mol. The van der Waals surface area contributed by atoms with Crippen molar-refractivity contribution in [2.45, 2.75) is 57.0 Å². The van der Waals surface area contributed by atoms with Gasteiger partial charge in [-0.2, -0.15) is 5.26 Å². The van der Waals surface area contributed by atoms with Gasteiger partial charge in [0.25, 0.3) is 0 Å². The molecule has 1 saturated carbocycles. The molecule has 0 spiro atoms. The minimum absolute atomic E-state index is 0.245. The molecule has 1 N–H and O–H groups in total. The summed E-state index contributed by atoms with van der Waals surface area (Å²) >= 11 is 0. The molecule has 0 radical (unpaired) electrons. The lowest BCUT2D eigenvalue weighted by Crippen LogP contribution is -2.48. The van der Waals surface area contributed by atoms with Gasteiger partial charge in [-0.05, 0) is 71.8 Å². The predicted octanol–water partition coefficient (Wildman–Crippen LogP) is 2.07. The van der Waals surface area contributed by atoms with Crippen molar-refractivity contribution in [3.05, 3.63) is 0 Å². The van der Waals surface area contributed by atoms with Crippen molar-refractivity contribution in [1.29, 1.82) is 5.26 Å². The lowest BCUT2D eigenvalue weighted by Gasteiger charge is -2.32. The van der Waals surface area contributed by atoms with E-state index in [9.17, 15) is 5.26 Å². The zero-order chi connectivity index (χ0) is 15.3. The fourth-order valence-corrected chi connectivity index (χ4v) is 4.34. The first-order valence-electron chi connectivity index (χ1n) is 8.66. The first kappa shape index (κ1) is 16.7. The second-order valence-corrected chi connectivity index (χ2v) is 7.09. The number of hydrogen-bond acceptors (Lipinski definition) is 4. The SMILES string of the molecule is CCNC1(C#N)CCCC1CCN1CCCC1CN(C)C. The van der Waals surface area contributed by atoms with Crippen molar-refractivity contribution in [2.75, 3.05) is 40.3 Å². The lowest BCUT2D eigenvalue weighted by atomic mass is 9.85. The summed E-state index contributed by atoms with van der Waals surface area (Å²) in [6, 6.07) is 3.33. The van der Waals surface area contributed by atoms with Gasteiger partial charge in [-0.3, -0.25) is 10.2 Å². The molecule has 1 saturated heterocycles. The van der Waals surface area contributed by atoms with Crippen molar-refractivity contribution in [3.63, 3.8) is 0 Å². The van der Waals surface area contributed by atoms with Crippen LogP contribution >= 0.6 is 0 Å².